The summed E-state index contributed by atoms with van der Waals surface area (Å²) >= 11 is 0. The fourth-order valence-electron chi connectivity index (χ4n) is 6.70. The lowest BCUT2D eigenvalue weighted by atomic mass is 9.72. The van der Waals surface area contributed by atoms with Gasteiger partial charge in [-0.3, -0.25) is 19.2 Å². The van der Waals surface area contributed by atoms with E-state index in [1.807, 2.05) is 0 Å². The van der Waals surface area contributed by atoms with Crippen LogP contribution in [0.25, 0.3) is 0 Å². The number of benzene rings is 3. The minimum absolute atomic E-state index is 0.0134. The van der Waals surface area contributed by atoms with E-state index in [1.165, 1.54) is 25.3 Å². The monoisotopic (exact) mass is 661 g/mol. The molecule has 0 saturated carbocycles. The van der Waals surface area contributed by atoms with Gasteiger partial charge in [-0.15, -0.1) is 0 Å². The Labute approximate surface area is 274 Å². The van der Waals surface area contributed by atoms with Gasteiger partial charge in [0.2, 0.25) is 11.6 Å². The van der Waals surface area contributed by atoms with Crippen LogP contribution in [0.5, 0.6) is 17.2 Å². The highest BCUT2D eigenvalue weighted by Crippen LogP contribution is 2.52. The third-order valence-corrected chi connectivity index (χ3v) is 9.22. The van der Waals surface area contributed by atoms with E-state index in [9.17, 15) is 39.6 Å². The second kappa shape index (κ2) is 12.7. The van der Waals surface area contributed by atoms with Gasteiger partial charge in [0.1, 0.15) is 22.8 Å². The van der Waals surface area contributed by atoms with Gasteiger partial charge in [-0.2, -0.15) is 0 Å². The Kier molecular flexibility index (Phi) is 8.83. The lowest BCUT2D eigenvalue weighted by Gasteiger charge is -2.42. The molecule has 4 unspecified atom stereocenters. The van der Waals surface area contributed by atoms with Gasteiger partial charge in [0.25, 0.3) is 0 Å². The molecule has 6 rings (SSSR count). The Morgan fingerprint density at radius 2 is 1.71 bits per heavy atom. The van der Waals surface area contributed by atoms with Crippen LogP contribution in [-0.4, -0.2) is 87.6 Å². The second-order valence-corrected chi connectivity index (χ2v) is 12.3. The smallest absolute Gasteiger partial charge is 0.310 e. The zero-order valence-electron chi connectivity index (χ0n) is 26.2. The summed E-state index contributed by atoms with van der Waals surface area (Å²) in [7, 11) is 1.32. The first-order valence-electron chi connectivity index (χ1n) is 15.4. The molecule has 0 spiro atoms. The highest BCUT2D eigenvalue weighted by molar-refractivity contribution is 6.31. The standard InChI is InChI=1S/C35H35NO12/c1-16-30(39)20(36)12-25(47-16)48-22-14-35(44,23(37)15-46-24(38)11-17-7-4-3-5-8-17)13-19-27(22)34(43)29-28(32(19)41)31(40)18-9-6-10-21(45-2)26(18)33(29)42/h3-10,16,20,22,25,30,39,41,43-44H,11-15,36H2,1-2H3/t16?,20?,22-,25?,30?,35-/m0/s1. The number of aliphatic hydroxyl groups excluding tert-OH is 1. The van der Waals surface area contributed by atoms with Crippen LogP contribution in [0.4, 0.5) is 0 Å². The average molecular weight is 662 g/mol. The van der Waals surface area contributed by atoms with Crippen molar-refractivity contribution in [3.8, 4) is 17.2 Å². The van der Waals surface area contributed by atoms with Gasteiger partial charge in [-0.25, -0.2) is 0 Å². The van der Waals surface area contributed by atoms with Crippen LogP contribution in [-0.2, 0) is 36.6 Å². The second-order valence-electron chi connectivity index (χ2n) is 12.3. The summed E-state index contributed by atoms with van der Waals surface area (Å²) in [4.78, 5) is 53.7. The molecule has 0 bridgehead atoms. The maximum absolute atomic E-state index is 13.9. The maximum atomic E-state index is 13.9. The molecule has 6 atom stereocenters. The highest BCUT2D eigenvalue weighted by Gasteiger charge is 2.50. The molecule has 2 aliphatic carbocycles. The molecule has 0 amide bonds. The third-order valence-electron chi connectivity index (χ3n) is 9.22. The van der Waals surface area contributed by atoms with Crippen molar-refractivity contribution >= 4 is 23.3 Å². The summed E-state index contributed by atoms with van der Waals surface area (Å²) in [5.74, 6) is -4.55. The summed E-state index contributed by atoms with van der Waals surface area (Å²) in [6.45, 7) is 0.758. The maximum Gasteiger partial charge on any atom is 0.310 e. The number of aromatic hydroxyl groups is 2. The Balaban J connectivity index is 1.39. The number of Topliss-reactive ketones (excluding diaryl/α,β-unsaturated/α-hetero) is 1. The molecule has 48 heavy (non-hydrogen) atoms. The molecule has 1 fully saturated rings. The predicted octanol–water partition coefficient (Wildman–Crippen LogP) is 1.79. The number of nitrogens with two attached hydrogens (primary N) is 1. The first-order chi connectivity index (χ1) is 22.8. The number of hydrogen-bond acceptors (Lipinski definition) is 13. The number of aliphatic hydroxyl groups is 2. The van der Waals surface area contributed by atoms with Crippen molar-refractivity contribution in [3.63, 3.8) is 0 Å². The molecule has 1 aliphatic heterocycles. The van der Waals surface area contributed by atoms with Gasteiger partial charge in [0, 0.05) is 42.0 Å². The number of phenolic OH excluding ortho intramolecular Hbond substituents is 2. The Morgan fingerprint density at radius 3 is 2.40 bits per heavy atom. The molecular formula is C35H35NO12. The molecule has 1 heterocycles. The Bertz CT molecular complexity index is 1790. The van der Waals surface area contributed by atoms with E-state index in [0.29, 0.717) is 5.56 Å². The summed E-state index contributed by atoms with van der Waals surface area (Å²) in [5, 5.41) is 45.4. The van der Waals surface area contributed by atoms with E-state index >= 15 is 0 Å². The quantitative estimate of drug-likeness (QED) is 0.135. The number of ether oxygens (including phenoxy) is 4. The average Bonchev–Trinajstić information content (AvgIpc) is 3.06. The fraction of sp³-hybridized carbons (Fsp3) is 0.371. The lowest BCUT2D eigenvalue weighted by molar-refractivity contribution is -0.247. The van der Waals surface area contributed by atoms with Gasteiger partial charge >= 0.3 is 5.97 Å². The fourth-order valence-corrected chi connectivity index (χ4v) is 6.70. The van der Waals surface area contributed by atoms with Crippen molar-refractivity contribution in [2.45, 2.75) is 68.9 Å². The van der Waals surface area contributed by atoms with Crippen molar-refractivity contribution in [2.24, 2.45) is 5.73 Å². The Hall–Kier alpha value is -4.66. The molecule has 6 N–H and O–H groups in total. The first kappa shape index (κ1) is 33.2. The van der Waals surface area contributed by atoms with E-state index in [1.54, 1.807) is 37.3 Å². The number of fused-ring (bicyclic) bond motifs is 3. The van der Waals surface area contributed by atoms with Crippen LogP contribution in [0.3, 0.4) is 0 Å². The summed E-state index contributed by atoms with van der Waals surface area (Å²) < 4.78 is 22.5. The summed E-state index contributed by atoms with van der Waals surface area (Å²) in [6, 6.07) is 12.3. The molecule has 13 heteroatoms. The molecule has 3 aliphatic rings. The van der Waals surface area contributed by atoms with E-state index in [4.69, 9.17) is 24.7 Å². The van der Waals surface area contributed by atoms with E-state index in [0.717, 1.165) is 0 Å². The number of phenols is 2. The molecule has 0 aromatic heterocycles. The summed E-state index contributed by atoms with van der Waals surface area (Å²) in [6.07, 6.45) is -5.54. The van der Waals surface area contributed by atoms with Gasteiger partial charge < -0.3 is 45.1 Å². The topological polar surface area (TPSA) is 212 Å². The summed E-state index contributed by atoms with van der Waals surface area (Å²) in [5.41, 5.74) is 2.90. The van der Waals surface area contributed by atoms with Crippen LogP contribution in [0.1, 0.15) is 74.4 Å². The van der Waals surface area contributed by atoms with Crippen LogP contribution >= 0.6 is 0 Å². The molecular weight excluding hydrogens is 626 g/mol. The number of carbonyl (C=O) groups excluding carboxylic acids is 4. The number of ketones is 3. The van der Waals surface area contributed by atoms with E-state index in [2.05, 4.69) is 0 Å². The Morgan fingerprint density at radius 1 is 1.00 bits per heavy atom. The van der Waals surface area contributed by atoms with Gasteiger partial charge in [0.15, 0.2) is 18.7 Å². The van der Waals surface area contributed by atoms with Crippen LogP contribution < -0.4 is 10.5 Å². The lowest BCUT2D eigenvalue weighted by Crippen LogP contribution is -2.53. The van der Waals surface area contributed by atoms with Crippen LogP contribution in [0.15, 0.2) is 48.5 Å². The van der Waals surface area contributed by atoms with Gasteiger partial charge in [-0.1, -0.05) is 42.5 Å². The van der Waals surface area contributed by atoms with E-state index < -0.39 is 102 Å². The number of carbonyl (C=O) groups is 4. The van der Waals surface area contributed by atoms with Crippen molar-refractivity contribution in [3.05, 3.63) is 87.5 Å². The first-order valence-corrected chi connectivity index (χ1v) is 15.4. The number of rotatable bonds is 8. The number of esters is 1. The van der Waals surface area contributed by atoms with E-state index in [-0.39, 0.29) is 40.8 Å². The van der Waals surface area contributed by atoms with Crippen LogP contribution in [0.2, 0.25) is 0 Å². The molecule has 1 saturated heterocycles. The highest BCUT2D eigenvalue weighted by atomic mass is 16.7. The molecule has 3 aromatic rings. The number of hydrogen-bond donors (Lipinski definition) is 5. The minimum Gasteiger partial charge on any atom is -0.507 e. The van der Waals surface area contributed by atoms with Crippen molar-refractivity contribution in [1.29, 1.82) is 0 Å². The third kappa shape index (κ3) is 5.73. The van der Waals surface area contributed by atoms with Crippen molar-refractivity contribution in [2.75, 3.05) is 13.7 Å². The predicted molar refractivity (Wildman–Crippen MR) is 166 cm³/mol. The normalized spacial score (nSPS) is 26.2. The molecule has 13 nitrogen and oxygen atoms in total. The zero-order valence-corrected chi connectivity index (χ0v) is 26.2. The zero-order chi connectivity index (χ0) is 34.5. The van der Waals surface area contributed by atoms with Crippen LogP contribution in [0, 0.1) is 0 Å². The molecule has 252 valence electrons. The SMILES string of the molecule is COc1cccc2c1C(=O)c1c(O)c3c(c(O)c1C2=O)C[C@@](O)(C(=O)COC(=O)Cc1ccccc1)C[C@@H]3OC1CC(N)C(O)C(C)O1. The van der Waals surface area contributed by atoms with Crippen molar-refractivity contribution < 1.29 is 58.6 Å². The number of methoxy groups -OCH3 is 1. The minimum atomic E-state index is -2.33. The van der Waals surface area contributed by atoms with Crippen molar-refractivity contribution in [1.82, 2.24) is 0 Å². The molecule has 0 radical (unpaired) electrons. The molecule has 3 aromatic carbocycles. The van der Waals surface area contributed by atoms with Gasteiger partial charge in [0.05, 0.1) is 48.5 Å². The van der Waals surface area contributed by atoms with Gasteiger partial charge in [-0.05, 0) is 18.6 Å². The largest absolute Gasteiger partial charge is 0.507 e.